The minimum atomic E-state index is -0.174. The predicted molar refractivity (Wildman–Crippen MR) is 104 cm³/mol. The Bertz CT molecular complexity index is 903. The summed E-state index contributed by atoms with van der Waals surface area (Å²) in [5.74, 6) is 0.403. The number of aryl methyl sites for hydroxylation is 1. The molecule has 0 aliphatic carbocycles. The van der Waals surface area contributed by atoms with Gasteiger partial charge in [0.1, 0.15) is 0 Å². The Morgan fingerprint density at radius 2 is 1.81 bits per heavy atom. The second kappa shape index (κ2) is 8.02. The molecule has 0 aliphatic rings. The van der Waals surface area contributed by atoms with Gasteiger partial charge in [0.2, 0.25) is 5.88 Å². The van der Waals surface area contributed by atoms with E-state index in [-0.39, 0.29) is 5.91 Å². The van der Waals surface area contributed by atoms with E-state index in [0.717, 1.165) is 22.4 Å². The molecule has 4 nitrogen and oxygen atoms in total. The van der Waals surface area contributed by atoms with Crippen LogP contribution in [0.5, 0.6) is 5.88 Å². The molecule has 1 aromatic heterocycles. The predicted octanol–water partition coefficient (Wildman–Crippen LogP) is 4.65. The van der Waals surface area contributed by atoms with Crippen LogP contribution in [0.25, 0.3) is 11.3 Å². The zero-order valence-electron chi connectivity index (χ0n) is 14.6. The number of ether oxygens (including phenoxy) is 1. The summed E-state index contributed by atoms with van der Waals surface area (Å²) in [4.78, 5) is 16.8. The Kier molecular flexibility index (Phi) is 5.54. The van der Waals surface area contributed by atoms with Crippen LogP contribution in [0.1, 0.15) is 21.5 Å². The van der Waals surface area contributed by atoms with Crippen molar-refractivity contribution >= 4 is 17.5 Å². The molecule has 132 valence electrons. The van der Waals surface area contributed by atoms with Crippen LogP contribution in [-0.4, -0.2) is 18.0 Å². The Morgan fingerprint density at radius 3 is 2.50 bits per heavy atom. The Labute approximate surface area is 157 Å². The zero-order valence-corrected chi connectivity index (χ0v) is 15.4. The summed E-state index contributed by atoms with van der Waals surface area (Å²) in [5.41, 5.74) is 4.20. The normalized spacial score (nSPS) is 10.4. The maximum absolute atomic E-state index is 12.4. The van der Waals surface area contributed by atoms with E-state index in [9.17, 15) is 4.79 Å². The van der Waals surface area contributed by atoms with E-state index >= 15 is 0 Å². The van der Waals surface area contributed by atoms with Gasteiger partial charge in [-0.2, -0.15) is 0 Å². The van der Waals surface area contributed by atoms with E-state index in [0.29, 0.717) is 23.0 Å². The molecule has 3 aromatic rings. The molecular weight excluding hydrogens is 348 g/mol. The molecule has 0 atom stereocenters. The maximum Gasteiger partial charge on any atom is 0.253 e. The summed E-state index contributed by atoms with van der Waals surface area (Å²) < 4.78 is 5.16. The van der Waals surface area contributed by atoms with E-state index in [1.54, 1.807) is 13.2 Å². The highest BCUT2D eigenvalue weighted by Crippen LogP contribution is 2.21. The molecule has 3 rings (SSSR count). The molecule has 1 amide bonds. The second-order valence-corrected chi connectivity index (χ2v) is 6.28. The van der Waals surface area contributed by atoms with Gasteiger partial charge in [0.15, 0.2) is 0 Å². The van der Waals surface area contributed by atoms with Gasteiger partial charge < -0.3 is 10.1 Å². The molecule has 0 saturated carbocycles. The molecule has 0 unspecified atom stereocenters. The van der Waals surface area contributed by atoms with Gasteiger partial charge in [-0.05, 0) is 30.2 Å². The minimum Gasteiger partial charge on any atom is -0.481 e. The lowest BCUT2D eigenvalue weighted by molar-refractivity contribution is 0.0950. The molecule has 0 bridgehead atoms. The van der Waals surface area contributed by atoms with Crippen LogP contribution in [0.4, 0.5) is 0 Å². The van der Waals surface area contributed by atoms with E-state index in [2.05, 4.69) is 10.3 Å². The Morgan fingerprint density at radius 1 is 1.08 bits per heavy atom. The molecule has 0 aliphatic heterocycles. The second-order valence-electron chi connectivity index (χ2n) is 5.88. The summed E-state index contributed by atoms with van der Waals surface area (Å²) in [6.07, 6.45) is 0. The van der Waals surface area contributed by atoms with E-state index in [4.69, 9.17) is 16.3 Å². The van der Waals surface area contributed by atoms with Gasteiger partial charge in [-0.3, -0.25) is 4.79 Å². The number of nitrogens with zero attached hydrogens (tertiary/aromatic N) is 1. The molecule has 26 heavy (non-hydrogen) atoms. The third kappa shape index (κ3) is 4.03. The number of methoxy groups -OCH3 is 1. The van der Waals surface area contributed by atoms with E-state index < -0.39 is 0 Å². The molecular formula is C21H19ClN2O2. The topological polar surface area (TPSA) is 51.2 Å². The van der Waals surface area contributed by atoms with Crippen molar-refractivity contribution in [2.45, 2.75) is 13.5 Å². The highest BCUT2D eigenvalue weighted by atomic mass is 35.5. The monoisotopic (exact) mass is 366 g/mol. The number of benzene rings is 2. The summed E-state index contributed by atoms with van der Waals surface area (Å²) in [7, 11) is 1.60. The molecule has 0 saturated heterocycles. The number of pyridine rings is 1. The van der Waals surface area contributed by atoms with Crippen molar-refractivity contribution < 1.29 is 9.53 Å². The van der Waals surface area contributed by atoms with Crippen LogP contribution in [0.2, 0.25) is 5.02 Å². The standard InChI is InChI=1S/C21H19ClN2O2/c1-14-5-3-6-17(22)20(14)21(25)23-13-15-9-11-16(12-10-15)18-7-4-8-19(24-18)26-2/h3-12H,13H2,1-2H3,(H,23,25). The lowest BCUT2D eigenvalue weighted by Crippen LogP contribution is -2.24. The van der Waals surface area contributed by atoms with Crippen LogP contribution in [0.15, 0.2) is 60.7 Å². The van der Waals surface area contributed by atoms with Crippen LogP contribution in [0, 0.1) is 6.92 Å². The van der Waals surface area contributed by atoms with Gasteiger partial charge in [0.05, 0.1) is 23.4 Å². The largest absolute Gasteiger partial charge is 0.481 e. The summed E-state index contributed by atoms with van der Waals surface area (Å²) in [5, 5.41) is 3.38. The van der Waals surface area contributed by atoms with Crippen molar-refractivity contribution in [3.8, 4) is 17.1 Å². The SMILES string of the molecule is COc1cccc(-c2ccc(CNC(=O)c3c(C)cccc3Cl)cc2)n1. The van der Waals surface area contributed by atoms with Gasteiger partial charge in [0, 0.05) is 18.2 Å². The number of hydrogen-bond donors (Lipinski definition) is 1. The van der Waals surface area contributed by atoms with Crippen LogP contribution in [-0.2, 0) is 6.54 Å². The smallest absolute Gasteiger partial charge is 0.253 e. The van der Waals surface area contributed by atoms with Gasteiger partial charge in [-0.15, -0.1) is 0 Å². The number of rotatable bonds is 5. The number of aromatic nitrogens is 1. The molecule has 5 heteroatoms. The lowest BCUT2D eigenvalue weighted by Gasteiger charge is -2.10. The van der Waals surface area contributed by atoms with Crippen molar-refractivity contribution in [3.63, 3.8) is 0 Å². The number of nitrogens with one attached hydrogen (secondary N) is 1. The molecule has 0 radical (unpaired) electrons. The highest BCUT2D eigenvalue weighted by Gasteiger charge is 2.12. The fourth-order valence-electron chi connectivity index (χ4n) is 2.67. The lowest BCUT2D eigenvalue weighted by atomic mass is 10.1. The molecule has 1 heterocycles. The van der Waals surface area contributed by atoms with Gasteiger partial charge >= 0.3 is 0 Å². The average molecular weight is 367 g/mol. The Balaban J connectivity index is 1.69. The third-order valence-corrected chi connectivity index (χ3v) is 4.40. The van der Waals surface area contributed by atoms with Gasteiger partial charge in [0.25, 0.3) is 5.91 Å². The molecule has 0 fully saturated rings. The van der Waals surface area contributed by atoms with E-state index in [1.807, 2.05) is 61.5 Å². The first kappa shape index (κ1) is 18.0. The summed E-state index contributed by atoms with van der Waals surface area (Å²) >= 11 is 6.14. The van der Waals surface area contributed by atoms with Crippen LogP contribution < -0.4 is 10.1 Å². The van der Waals surface area contributed by atoms with Gasteiger partial charge in [-0.25, -0.2) is 4.98 Å². The van der Waals surface area contributed by atoms with E-state index in [1.165, 1.54) is 0 Å². The third-order valence-electron chi connectivity index (χ3n) is 4.08. The van der Waals surface area contributed by atoms with Crippen molar-refractivity contribution in [2.75, 3.05) is 7.11 Å². The number of carbonyl (C=O) groups is 1. The quantitative estimate of drug-likeness (QED) is 0.715. The zero-order chi connectivity index (χ0) is 18.5. The average Bonchev–Trinajstić information content (AvgIpc) is 2.66. The molecule has 2 aromatic carbocycles. The molecule has 1 N–H and O–H groups in total. The minimum absolute atomic E-state index is 0.174. The van der Waals surface area contributed by atoms with Gasteiger partial charge in [-0.1, -0.05) is 54.1 Å². The fraction of sp³-hybridized carbons (Fsp3) is 0.143. The van der Waals surface area contributed by atoms with Crippen molar-refractivity contribution in [1.29, 1.82) is 0 Å². The van der Waals surface area contributed by atoms with Crippen LogP contribution >= 0.6 is 11.6 Å². The van der Waals surface area contributed by atoms with Crippen molar-refractivity contribution in [3.05, 3.63) is 82.4 Å². The van der Waals surface area contributed by atoms with Crippen molar-refractivity contribution in [1.82, 2.24) is 10.3 Å². The fourth-order valence-corrected chi connectivity index (χ4v) is 2.98. The highest BCUT2D eigenvalue weighted by molar-refractivity contribution is 6.34. The first-order chi connectivity index (χ1) is 12.6. The number of carbonyl (C=O) groups excluding carboxylic acids is 1. The van der Waals surface area contributed by atoms with Crippen LogP contribution in [0.3, 0.4) is 0 Å². The first-order valence-corrected chi connectivity index (χ1v) is 8.60. The number of halogens is 1. The van der Waals surface area contributed by atoms with Crippen molar-refractivity contribution in [2.24, 2.45) is 0 Å². The maximum atomic E-state index is 12.4. The summed E-state index contributed by atoms with van der Waals surface area (Å²) in [6.45, 7) is 2.30. The summed E-state index contributed by atoms with van der Waals surface area (Å²) in [6, 6.07) is 19.0. The molecule has 0 spiro atoms. The number of amides is 1. The number of hydrogen-bond acceptors (Lipinski definition) is 3. The first-order valence-electron chi connectivity index (χ1n) is 8.22. The Hall–Kier alpha value is -2.85.